The summed E-state index contributed by atoms with van der Waals surface area (Å²) < 4.78 is 0. The van der Waals surface area contributed by atoms with Crippen molar-refractivity contribution < 1.29 is 53.1 Å². The molecule has 0 spiro atoms. The Bertz CT molecular complexity index is 2300. The normalized spacial score (nSPS) is 19.9. The van der Waals surface area contributed by atoms with E-state index >= 15 is 0 Å². The van der Waals surface area contributed by atoms with Crippen molar-refractivity contribution in [1.29, 1.82) is 0 Å². The maximum absolute atomic E-state index is 14.5. The van der Waals surface area contributed by atoms with Gasteiger partial charge in [-0.2, -0.15) is 0 Å². The summed E-state index contributed by atoms with van der Waals surface area (Å²) in [4.78, 5) is 158. The first kappa shape index (κ1) is 59.4. The fourth-order valence-corrected chi connectivity index (χ4v) is 9.26. The van der Waals surface area contributed by atoms with Crippen molar-refractivity contribution in [3.05, 3.63) is 34.2 Å². The maximum atomic E-state index is 14.5. The Kier molecular flexibility index (Phi) is 22.3. The SMILES string of the molecule is CC(C)C[C@H](NC(=O)[C@@H]1CCCN1C(=O)[C@@H]1CCCN1C(=O)[C@H](CC(C)C)NC(=O)[C@H](C)NC(=O)[C@H](CCCN=C(N)N)NC(=O)c1ccc[nH]c1=O)C(=O)N1CCC[C@H]1C(=O)N[C@@H](CNC(=O)C(C)O)C(N)=O. The quantitative estimate of drug-likeness (QED) is 0.0258. The third kappa shape index (κ3) is 16.7. The summed E-state index contributed by atoms with van der Waals surface area (Å²) >= 11 is 0. The second kappa shape index (κ2) is 27.8. The second-order valence-corrected chi connectivity index (χ2v) is 20.0. The molecule has 0 aromatic carbocycles. The molecule has 4 heterocycles. The lowest BCUT2D eigenvalue weighted by Crippen LogP contribution is -2.60. The summed E-state index contributed by atoms with van der Waals surface area (Å²) in [6, 6.07) is -6.25. The van der Waals surface area contributed by atoms with Gasteiger partial charge in [-0.15, -0.1) is 0 Å². The molecule has 3 aliphatic rings. The molecule has 26 nitrogen and oxygen atoms in total. The zero-order valence-electron chi connectivity index (χ0n) is 43.1. The van der Waals surface area contributed by atoms with Crippen LogP contribution in [0.3, 0.4) is 0 Å². The minimum Gasteiger partial charge on any atom is -0.384 e. The van der Waals surface area contributed by atoms with Gasteiger partial charge in [0.1, 0.15) is 60.0 Å². The Hall–Kier alpha value is -7.12. The number of primary amides is 1. The van der Waals surface area contributed by atoms with Gasteiger partial charge in [-0.25, -0.2) is 0 Å². The smallest absolute Gasteiger partial charge is 0.260 e. The second-order valence-electron chi connectivity index (χ2n) is 20.0. The molecular formula is C48H76N14O12. The maximum Gasteiger partial charge on any atom is 0.260 e. The largest absolute Gasteiger partial charge is 0.384 e. The van der Waals surface area contributed by atoms with E-state index in [1.165, 1.54) is 46.9 Å². The summed E-state index contributed by atoms with van der Waals surface area (Å²) in [5, 5.41) is 25.1. The molecule has 1 aromatic heterocycles. The third-order valence-corrected chi connectivity index (χ3v) is 13.0. The number of guanidine groups is 1. The van der Waals surface area contributed by atoms with Crippen LogP contribution < -0.4 is 54.7 Å². The monoisotopic (exact) mass is 1040 g/mol. The number of likely N-dealkylation sites (tertiary alicyclic amines) is 3. The number of aromatic amines is 1. The van der Waals surface area contributed by atoms with E-state index in [0.717, 1.165) is 0 Å². The predicted molar refractivity (Wildman–Crippen MR) is 269 cm³/mol. The van der Waals surface area contributed by atoms with Crippen LogP contribution in [0.4, 0.5) is 0 Å². The predicted octanol–water partition coefficient (Wildman–Crippen LogP) is -3.47. The zero-order chi connectivity index (χ0) is 55.0. The van der Waals surface area contributed by atoms with Gasteiger partial charge in [0.05, 0.1) is 0 Å². The number of carbonyl (C=O) groups excluding carboxylic acids is 10. The number of H-pyrrole nitrogens is 1. The number of rotatable bonds is 25. The number of amides is 10. The summed E-state index contributed by atoms with van der Waals surface area (Å²) in [6.45, 7) is 10.3. The fourth-order valence-electron chi connectivity index (χ4n) is 9.26. The highest BCUT2D eigenvalue weighted by atomic mass is 16.3. The van der Waals surface area contributed by atoms with Crippen molar-refractivity contribution in [3.8, 4) is 0 Å². The highest BCUT2D eigenvalue weighted by Gasteiger charge is 2.45. The number of nitrogens with one attached hydrogen (secondary N) is 7. The lowest BCUT2D eigenvalue weighted by molar-refractivity contribution is -0.148. The number of carbonyl (C=O) groups is 10. The van der Waals surface area contributed by atoms with Crippen LogP contribution in [0.25, 0.3) is 0 Å². The summed E-state index contributed by atoms with van der Waals surface area (Å²) in [6.07, 6.45) is 2.77. The Morgan fingerprint density at radius 1 is 0.676 bits per heavy atom. The molecule has 0 bridgehead atoms. The molecule has 0 saturated carbocycles. The van der Waals surface area contributed by atoms with Gasteiger partial charge in [0.15, 0.2) is 5.96 Å². The molecule has 26 heteroatoms. The highest BCUT2D eigenvalue weighted by molar-refractivity contribution is 6.00. The number of aliphatic hydroxyl groups excluding tert-OH is 1. The van der Waals surface area contributed by atoms with Gasteiger partial charge in [0, 0.05) is 38.9 Å². The molecular weight excluding hydrogens is 965 g/mol. The van der Waals surface area contributed by atoms with Gasteiger partial charge in [-0.1, -0.05) is 27.7 Å². The molecule has 9 atom stereocenters. The third-order valence-electron chi connectivity index (χ3n) is 13.0. The van der Waals surface area contributed by atoms with Crippen molar-refractivity contribution in [2.45, 2.75) is 160 Å². The van der Waals surface area contributed by atoms with Crippen LogP contribution in [-0.2, 0) is 43.2 Å². The number of hydrogen-bond acceptors (Lipinski definition) is 13. The molecule has 1 unspecified atom stereocenters. The van der Waals surface area contributed by atoms with Crippen molar-refractivity contribution in [1.82, 2.24) is 51.6 Å². The number of nitrogens with zero attached hydrogens (tertiary/aromatic N) is 4. The van der Waals surface area contributed by atoms with Crippen LogP contribution in [0.2, 0.25) is 0 Å². The molecule has 14 N–H and O–H groups in total. The van der Waals surface area contributed by atoms with Crippen LogP contribution in [0.15, 0.2) is 28.1 Å². The van der Waals surface area contributed by atoms with E-state index in [2.05, 4.69) is 41.9 Å². The first-order valence-electron chi connectivity index (χ1n) is 25.3. The molecule has 3 aliphatic heterocycles. The van der Waals surface area contributed by atoms with Crippen molar-refractivity contribution in [3.63, 3.8) is 0 Å². The van der Waals surface area contributed by atoms with Crippen molar-refractivity contribution >= 4 is 65.0 Å². The Labute approximate surface area is 429 Å². The molecule has 1 aromatic rings. The van der Waals surface area contributed by atoms with E-state index in [-0.39, 0.29) is 94.5 Å². The first-order valence-corrected chi connectivity index (χ1v) is 25.3. The molecule has 0 aliphatic carbocycles. The molecule has 74 heavy (non-hydrogen) atoms. The molecule has 4 rings (SSSR count). The molecule has 10 amide bonds. The zero-order valence-corrected chi connectivity index (χ0v) is 43.1. The van der Waals surface area contributed by atoms with Gasteiger partial charge < -0.3 is 73.9 Å². The van der Waals surface area contributed by atoms with Gasteiger partial charge in [-0.3, -0.25) is 57.7 Å². The van der Waals surface area contributed by atoms with E-state index in [9.17, 15) is 57.8 Å². The topological polar surface area (TPSA) is 396 Å². The van der Waals surface area contributed by atoms with Crippen LogP contribution in [0.5, 0.6) is 0 Å². The molecule has 3 saturated heterocycles. The van der Waals surface area contributed by atoms with Crippen molar-refractivity contribution in [2.75, 3.05) is 32.7 Å². The Morgan fingerprint density at radius 3 is 1.74 bits per heavy atom. The number of aromatic nitrogens is 1. The van der Waals surface area contributed by atoms with E-state index in [0.29, 0.717) is 19.3 Å². The first-order chi connectivity index (χ1) is 34.9. The number of aliphatic hydroxyl groups is 1. The van der Waals surface area contributed by atoms with Crippen LogP contribution >= 0.6 is 0 Å². The van der Waals surface area contributed by atoms with Crippen LogP contribution in [0, 0.1) is 11.8 Å². The van der Waals surface area contributed by atoms with E-state index in [1.807, 2.05) is 27.7 Å². The minimum absolute atomic E-state index is 0.0288. The standard InChI is InChI=1S/C48H76N14O12/c1-25(2)22-31(57-38(65)27(5)55-42(69)30(13-8-18-53-48(50)51)56-41(68)29-12-7-17-52-40(29)67)46(73)62-21-11-16-36(62)47(74)61-20-10-15-35(61)43(70)58-32(23-26(3)4)45(72)60-19-9-14-34(60)44(71)59-33(37(49)64)24-54-39(66)28(6)63/h7,12,17,25-28,30-36,63H,8-11,13-16,18-24H2,1-6H3,(H2,49,64)(H,52,67)(H,54,66)(H,55,69)(H,56,68)(H,57,65)(H,58,70)(H,59,71)(H4,50,51,53)/t27-,28?,30-,31-,32-,33-,34-,35-,36-/m0/s1. The van der Waals surface area contributed by atoms with Gasteiger partial charge in [-0.05, 0) is 102 Å². The Balaban J connectivity index is 1.44. The number of nitrogens with two attached hydrogens (primary N) is 3. The summed E-state index contributed by atoms with van der Waals surface area (Å²) in [5.41, 5.74) is 15.4. The van der Waals surface area contributed by atoms with E-state index < -0.39 is 126 Å². The molecule has 410 valence electrons. The van der Waals surface area contributed by atoms with Gasteiger partial charge in [0.25, 0.3) is 11.5 Å². The highest BCUT2D eigenvalue weighted by Crippen LogP contribution is 2.27. The summed E-state index contributed by atoms with van der Waals surface area (Å²) in [5.74, 6) is -7.22. The number of hydrogen-bond donors (Lipinski definition) is 11. The fraction of sp³-hybridized carbons (Fsp3) is 0.667. The van der Waals surface area contributed by atoms with Gasteiger partial charge >= 0.3 is 0 Å². The van der Waals surface area contributed by atoms with E-state index in [4.69, 9.17) is 17.2 Å². The molecule has 3 fully saturated rings. The van der Waals surface area contributed by atoms with Crippen molar-refractivity contribution in [2.24, 2.45) is 34.0 Å². The van der Waals surface area contributed by atoms with E-state index in [1.54, 1.807) is 0 Å². The average Bonchev–Trinajstić information content (AvgIpc) is 4.14. The molecule has 0 radical (unpaired) electrons. The number of pyridine rings is 1. The lowest BCUT2D eigenvalue weighted by Gasteiger charge is -2.34. The Morgan fingerprint density at radius 2 is 1.20 bits per heavy atom. The van der Waals surface area contributed by atoms with Gasteiger partial charge in [0.2, 0.25) is 53.2 Å². The summed E-state index contributed by atoms with van der Waals surface area (Å²) in [7, 11) is 0. The number of aliphatic imine (C=N–C) groups is 1. The van der Waals surface area contributed by atoms with Crippen LogP contribution in [-0.4, -0.2) is 177 Å². The average molecular weight is 1040 g/mol. The lowest BCUT2D eigenvalue weighted by atomic mass is 10.0. The minimum atomic E-state index is -1.37. The van der Waals surface area contributed by atoms with Crippen LogP contribution in [0.1, 0.15) is 116 Å².